The summed E-state index contributed by atoms with van der Waals surface area (Å²) in [6, 6.07) is 20.3. The number of nitrogens with zero attached hydrogens (tertiary/aromatic N) is 1. The van der Waals surface area contributed by atoms with Crippen LogP contribution >= 0.6 is 0 Å². The molecular formula is C26H25N3O2. The maximum atomic E-state index is 12.7. The monoisotopic (exact) mass is 411 g/mol. The van der Waals surface area contributed by atoms with Crippen molar-refractivity contribution in [2.45, 2.75) is 38.1 Å². The molecule has 2 aliphatic rings. The van der Waals surface area contributed by atoms with Crippen molar-refractivity contribution in [2.24, 2.45) is 10.9 Å². The highest BCUT2D eigenvalue weighted by Gasteiger charge is 2.25. The third-order valence-corrected chi connectivity index (χ3v) is 6.32. The molecule has 1 fully saturated rings. The van der Waals surface area contributed by atoms with Crippen LogP contribution in [0.15, 0.2) is 65.8 Å². The van der Waals surface area contributed by atoms with Crippen LogP contribution in [0.2, 0.25) is 0 Å². The molecule has 4 N–H and O–H groups in total. The average Bonchev–Trinajstić information content (AvgIpc) is 3.66. The van der Waals surface area contributed by atoms with Gasteiger partial charge in [0.1, 0.15) is 0 Å². The Hall–Kier alpha value is -3.60. The molecule has 3 aromatic rings. The fraction of sp³-hybridized carbons (Fsp3) is 0.231. The number of carbonyl (C=O) groups excluding carboxylic acids is 1. The highest BCUT2D eigenvalue weighted by Crippen LogP contribution is 2.41. The standard InChI is InChI=1S/C26H25N3O2/c27-25(29-31)18-3-1-16(2-4-18)15-28-26(30)22-10-9-21-11-20-8-7-19(17-5-6-17)12-23(20)14-24(21)13-22/h1-4,7-10,12-13,17,31H,5-6,11,14-15H2,(H2,27,29)(H,28,30). The van der Waals surface area contributed by atoms with E-state index in [0.29, 0.717) is 17.7 Å². The molecule has 0 bridgehead atoms. The number of oxime groups is 1. The zero-order valence-electron chi connectivity index (χ0n) is 17.3. The molecule has 5 rings (SSSR count). The summed E-state index contributed by atoms with van der Waals surface area (Å²) in [5.74, 6) is 0.738. The van der Waals surface area contributed by atoms with E-state index in [9.17, 15) is 4.79 Å². The quantitative estimate of drug-likeness (QED) is 0.200. The third kappa shape index (κ3) is 4.04. The zero-order valence-corrected chi connectivity index (χ0v) is 17.3. The number of nitrogens with one attached hydrogen (secondary N) is 1. The Balaban J connectivity index is 1.27. The summed E-state index contributed by atoms with van der Waals surface area (Å²) < 4.78 is 0. The molecule has 5 heteroatoms. The fourth-order valence-corrected chi connectivity index (χ4v) is 4.30. The number of amidine groups is 1. The largest absolute Gasteiger partial charge is 0.409 e. The molecular weight excluding hydrogens is 386 g/mol. The summed E-state index contributed by atoms with van der Waals surface area (Å²) in [4.78, 5) is 12.7. The molecule has 0 saturated heterocycles. The van der Waals surface area contributed by atoms with E-state index in [1.165, 1.54) is 40.7 Å². The molecule has 31 heavy (non-hydrogen) atoms. The Morgan fingerprint density at radius 2 is 1.55 bits per heavy atom. The first-order chi connectivity index (χ1) is 15.1. The highest BCUT2D eigenvalue weighted by molar-refractivity contribution is 5.97. The minimum absolute atomic E-state index is 0.0653. The van der Waals surface area contributed by atoms with Gasteiger partial charge in [0, 0.05) is 17.7 Å². The van der Waals surface area contributed by atoms with Gasteiger partial charge in [-0.2, -0.15) is 0 Å². The molecule has 2 aliphatic carbocycles. The summed E-state index contributed by atoms with van der Waals surface area (Å²) in [6.45, 7) is 0.417. The van der Waals surface area contributed by atoms with Crippen molar-refractivity contribution in [1.29, 1.82) is 0 Å². The van der Waals surface area contributed by atoms with E-state index in [2.05, 4.69) is 34.7 Å². The summed E-state index contributed by atoms with van der Waals surface area (Å²) in [5.41, 5.74) is 14.7. The van der Waals surface area contributed by atoms with Gasteiger partial charge in [-0.25, -0.2) is 0 Å². The smallest absolute Gasteiger partial charge is 0.251 e. The van der Waals surface area contributed by atoms with Crippen molar-refractivity contribution in [3.05, 3.63) is 105 Å². The zero-order chi connectivity index (χ0) is 21.4. The van der Waals surface area contributed by atoms with Gasteiger partial charge in [-0.05, 0) is 77.1 Å². The van der Waals surface area contributed by atoms with Gasteiger partial charge in [0.15, 0.2) is 5.84 Å². The van der Waals surface area contributed by atoms with Crippen LogP contribution in [-0.4, -0.2) is 17.0 Å². The summed E-state index contributed by atoms with van der Waals surface area (Å²) in [7, 11) is 0. The number of nitrogens with two attached hydrogens (primary N) is 1. The second-order valence-electron chi connectivity index (χ2n) is 8.50. The lowest BCUT2D eigenvalue weighted by molar-refractivity contribution is 0.0951. The van der Waals surface area contributed by atoms with Crippen molar-refractivity contribution in [3.63, 3.8) is 0 Å². The Labute approximate surface area is 181 Å². The molecule has 0 unspecified atom stereocenters. The summed E-state index contributed by atoms with van der Waals surface area (Å²) in [5, 5.41) is 14.7. The van der Waals surface area contributed by atoms with Crippen LogP contribution in [0.5, 0.6) is 0 Å². The van der Waals surface area contributed by atoms with Crippen molar-refractivity contribution in [1.82, 2.24) is 5.32 Å². The second kappa shape index (κ2) is 7.91. The van der Waals surface area contributed by atoms with Gasteiger partial charge >= 0.3 is 0 Å². The number of benzene rings is 3. The van der Waals surface area contributed by atoms with Gasteiger partial charge in [0.05, 0.1) is 0 Å². The van der Waals surface area contributed by atoms with Crippen LogP contribution in [-0.2, 0) is 19.4 Å². The number of rotatable bonds is 5. The van der Waals surface area contributed by atoms with Crippen molar-refractivity contribution < 1.29 is 10.0 Å². The van der Waals surface area contributed by atoms with E-state index in [4.69, 9.17) is 10.9 Å². The van der Waals surface area contributed by atoms with Crippen LogP contribution in [0.4, 0.5) is 0 Å². The molecule has 0 heterocycles. The van der Waals surface area contributed by atoms with Crippen LogP contribution in [0.1, 0.15) is 68.1 Å². The molecule has 156 valence electrons. The van der Waals surface area contributed by atoms with E-state index in [1.807, 2.05) is 24.3 Å². The van der Waals surface area contributed by atoms with Crippen LogP contribution in [0, 0.1) is 0 Å². The summed E-state index contributed by atoms with van der Waals surface area (Å²) in [6.07, 6.45) is 4.45. The molecule has 1 saturated carbocycles. The third-order valence-electron chi connectivity index (χ3n) is 6.32. The van der Waals surface area contributed by atoms with E-state index in [0.717, 1.165) is 24.3 Å². The van der Waals surface area contributed by atoms with E-state index >= 15 is 0 Å². The Morgan fingerprint density at radius 1 is 0.903 bits per heavy atom. The maximum absolute atomic E-state index is 12.7. The molecule has 0 radical (unpaired) electrons. The number of hydrogen-bond acceptors (Lipinski definition) is 3. The van der Waals surface area contributed by atoms with Crippen LogP contribution in [0.25, 0.3) is 0 Å². The topological polar surface area (TPSA) is 87.7 Å². The Kier molecular flexibility index (Phi) is 4.94. The van der Waals surface area contributed by atoms with Gasteiger partial charge in [-0.15, -0.1) is 0 Å². The number of carbonyl (C=O) groups is 1. The number of amides is 1. The average molecular weight is 412 g/mol. The van der Waals surface area contributed by atoms with Gasteiger partial charge < -0.3 is 16.3 Å². The van der Waals surface area contributed by atoms with Crippen molar-refractivity contribution >= 4 is 11.7 Å². The predicted molar refractivity (Wildman–Crippen MR) is 121 cm³/mol. The molecule has 1 amide bonds. The van der Waals surface area contributed by atoms with Gasteiger partial charge in [-0.3, -0.25) is 4.79 Å². The lowest BCUT2D eigenvalue weighted by Gasteiger charge is -2.21. The minimum Gasteiger partial charge on any atom is -0.409 e. The Morgan fingerprint density at radius 3 is 2.26 bits per heavy atom. The first kappa shape index (κ1) is 19.4. The van der Waals surface area contributed by atoms with Gasteiger partial charge in [0.2, 0.25) is 0 Å². The van der Waals surface area contributed by atoms with Gasteiger partial charge in [0.25, 0.3) is 5.91 Å². The highest BCUT2D eigenvalue weighted by atomic mass is 16.4. The van der Waals surface area contributed by atoms with E-state index in [-0.39, 0.29) is 11.7 Å². The molecule has 5 nitrogen and oxygen atoms in total. The molecule has 0 aromatic heterocycles. The normalized spacial score (nSPS) is 15.2. The van der Waals surface area contributed by atoms with Crippen molar-refractivity contribution in [2.75, 3.05) is 0 Å². The first-order valence-electron chi connectivity index (χ1n) is 10.7. The Bertz CT molecular complexity index is 1180. The summed E-state index contributed by atoms with van der Waals surface area (Å²) >= 11 is 0. The maximum Gasteiger partial charge on any atom is 0.251 e. The molecule has 0 atom stereocenters. The minimum atomic E-state index is -0.0826. The van der Waals surface area contributed by atoms with Crippen molar-refractivity contribution in [3.8, 4) is 0 Å². The van der Waals surface area contributed by atoms with E-state index in [1.54, 1.807) is 12.1 Å². The second-order valence-corrected chi connectivity index (χ2v) is 8.50. The number of hydrogen-bond donors (Lipinski definition) is 3. The lowest BCUT2D eigenvalue weighted by Crippen LogP contribution is -2.23. The van der Waals surface area contributed by atoms with Crippen LogP contribution in [0.3, 0.4) is 0 Å². The first-order valence-corrected chi connectivity index (χ1v) is 10.7. The van der Waals surface area contributed by atoms with E-state index < -0.39 is 0 Å². The van der Waals surface area contributed by atoms with Crippen LogP contribution < -0.4 is 11.1 Å². The molecule has 0 spiro atoms. The number of fused-ring (bicyclic) bond motifs is 2. The van der Waals surface area contributed by atoms with Gasteiger partial charge in [-0.1, -0.05) is 53.7 Å². The fourth-order valence-electron chi connectivity index (χ4n) is 4.30. The molecule has 0 aliphatic heterocycles. The lowest BCUT2D eigenvalue weighted by atomic mass is 9.84. The SMILES string of the molecule is N/C(=N\O)c1ccc(CNC(=O)c2ccc3c(c2)Cc2cc(C4CC4)ccc2C3)cc1. The molecule has 3 aromatic carbocycles. The predicted octanol–water partition coefficient (Wildman–Crippen LogP) is 4.08.